The molecule has 1 aliphatic rings. The molecular formula is C18H22O4. The summed E-state index contributed by atoms with van der Waals surface area (Å²) in [6.07, 6.45) is 1.95. The van der Waals surface area contributed by atoms with Crippen molar-refractivity contribution in [2.45, 2.75) is 32.8 Å². The topological polar surface area (TPSA) is 77.8 Å². The SMILES string of the molecule is CC1=CC(O)(C(C)C)C(Cc2ccccc2)C(O)=C1C(=O)O. The lowest BCUT2D eigenvalue weighted by atomic mass is 9.69. The van der Waals surface area contributed by atoms with Crippen molar-refractivity contribution in [2.24, 2.45) is 11.8 Å². The van der Waals surface area contributed by atoms with Crippen LogP contribution in [-0.4, -0.2) is 26.9 Å². The molecule has 0 spiro atoms. The average molecular weight is 302 g/mol. The fraction of sp³-hybridized carbons (Fsp3) is 0.389. The van der Waals surface area contributed by atoms with Crippen LogP contribution in [0.15, 0.2) is 53.3 Å². The van der Waals surface area contributed by atoms with Crippen molar-refractivity contribution < 1.29 is 20.1 Å². The first-order chi connectivity index (χ1) is 10.3. The van der Waals surface area contributed by atoms with Crippen LogP contribution in [0.25, 0.3) is 0 Å². The van der Waals surface area contributed by atoms with Gasteiger partial charge in [0, 0.05) is 0 Å². The molecule has 2 rings (SSSR count). The van der Waals surface area contributed by atoms with Crippen molar-refractivity contribution in [3.8, 4) is 0 Å². The molecule has 0 aliphatic heterocycles. The van der Waals surface area contributed by atoms with Gasteiger partial charge in [-0.3, -0.25) is 0 Å². The van der Waals surface area contributed by atoms with E-state index in [2.05, 4.69) is 0 Å². The molecule has 0 radical (unpaired) electrons. The molecule has 0 heterocycles. The smallest absolute Gasteiger partial charge is 0.339 e. The van der Waals surface area contributed by atoms with Gasteiger partial charge in [-0.1, -0.05) is 44.2 Å². The number of carbonyl (C=O) groups is 1. The fourth-order valence-electron chi connectivity index (χ4n) is 3.07. The number of aliphatic carboxylic acids is 1. The van der Waals surface area contributed by atoms with Gasteiger partial charge >= 0.3 is 5.97 Å². The Morgan fingerprint density at radius 3 is 2.36 bits per heavy atom. The van der Waals surface area contributed by atoms with Gasteiger partial charge in [0.15, 0.2) is 0 Å². The molecule has 4 nitrogen and oxygen atoms in total. The van der Waals surface area contributed by atoms with Crippen molar-refractivity contribution in [2.75, 3.05) is 0 Å². The molecule has 1 aromatic carbocycles. The highest BCUT2D eigenvalue weighted by Crippen LogP contribution is 2.41. The van der Waals surface area contributed by atoms with Gasteiger partial charge in [0.2, 0.25) is 0 Å². The molecule has 1 aliphatic carbocycles. The highest BCUT2D eigenvalue weighted by atomic mass is 16.4. The Labute approximate surface area is 130 Å². The molecule has 2 unspecified atom stereocenters. The van der Waals surface area contributed by atoms with E-state index in [1.54, 1.807) is 13.0 Å². The van der Waals surface area contributed by atoms with Crippen molar-refractivity contribution in [3.63, 3.8) is 0 Å². The van der Waals surface area contributed by atoms with Gasteiger partial charge in [-0.25, -0.2) is 4.79 Å². The maximum Gasteiger partial charge on any atom is 0.339 e. The molecule has 4 heteroatoms. The van der Waals surface area contributed by atoms with Crippen molar-refractivity contribution >= 4 is 5.97 Å². The first-order valence-electron chi connectivity index (χ1n) is 7.40. The number of hydrogen-bond donors (Lipinski definition) is 3. The zero-order chi connectivity index (χ0) is 16.5. The van der Waals surface area contributed by atoms with E-state index in [1.165, 1.54) is 0 Å². The van der Waals surface area contributed by atoms with E-state index in [0.717, 1.165) is 5.56 Å². The second kappa shape index (κ2) is 5.97. The third-order valence-corrected chi connectivity index (χ3v) is 4.41. The van der Waals surface area contributed by atoms with Gasteiger partial charge in [-0.2, -0.15) is 0 Å². The largest absolute Gasteiger partial charge is 0.511 e. The maximum absolute atomic E-state index is 11.4. The first kappa shape index (κ1) is 16.3. The van der Waals surface area contributed by atoms with E-state index in [0.29, 0.717) is 12.0 Å². The van der Waals surface area contributed by atoms with Gasteiger partial charge in [-0.05, 0) is 36.5 Å². The number of carboxylic acid groups (broad SMARTS) is 1. The second-order valence-electron chi connectivity index (χ2n) is 6.18. The van der Waals surface area contributed by atoms with Crippen LogP contribution < -0.4 is 0 Å². The predicted molar refractivity (Wildman–Crippen MR) is 84.5 cm³/mol. The van der Waals surface area contributed by atoms with Crippen LogP contribution in [0.4, 0.5) is 0 Å². The fourth-order valence-corrected chi connectivity index (χ4v) is 3.07. The number of hydrogen-bond acceptors (Lipinski definition) is 3. The summed E-state index contributed by atoms with van der Waals surface area (Å²) in [5.74, 6) is -2.25. The lowest BCUT2D eigenvalue weighted by Crippen LogP contribution is -2.46. The first-order valence-corrected chi connectivity index (χ1v) is 7.40. The summed E-state index contributed by atoms with van der Waals surface area (Å²) < 4.78 is 0. The number of rotatable bonds is 4. The molecule has 0 fully saturated rings. The second-order valence-corrected chi connectivity index (χ2v) is 6.18. The Morgan fingerprint density at radius 2 is 1.86 bits per heavy atom. The molecule has 118 valence electrons. The zero-order valence-electron chi connectivity index (χ0n) is 13.1. The molecular weight excluding hydrogens is 280 g/mol. The Morgan fingerprint density at radius 1 is 1.27 bits per heavy atom. The molecule has 2 atom stereocenters. The lowest BCUT2D eigenvalue weighted by Gasteiger charge is -2.40. The molecule has 0 saturated heterocycles. The number of aliphatic hydroxyl groups is 2. The Bertz CT molecular complexity index is 628. The van der Waals surface area contributed by atoms with Crippen molar-refractivity contribution in [3.05, 3.63) is 58.9 Å². The van der Waals surface area contributed by atoms with Gasteiger partial charge in [0.25, 0.3) is 0 Å². The monoisotopic (exact) mass is 302 g/mol. The third-order valence-electron chi connectivity index (χ3n) is 4.41. The molecule has 1 aromatic rings. The van der Waals surface area contributed by atoms with Crippen LogP contribution in [0.3, 0.4) is 0 Å². The molecule has 0 bridgehead atoms. The van der Waals surface area contributed by atoms with E-state index >= 15 is 0 Å². The highest BCUT2D eigenvalue weighted by Gasteiger charge is 2.45. The predicted octanol–water partition coefficient (Wildman–Crippen LogP) is 3.09. The van der Waals surface area contributed by atoms with Crippen LogP contribution in [0.1, 0.15) is 26.3 Å². The minimum absolute atomic E-state index is 0.105. The van der Waals surface area contributed by atoms with Gasteiger partial charge in [0.05, 0.1) is 17.1 Å². The van der Waals surface area contributed by atoms with E-state index in [-0.39, 0.29) is 17.3 Å². The van der Waals surface area contributed by atoms with E-state index in [9.17, 15) is 20.1 Å². The maximum atomic E-state index is 11.4. The van der Waals surface area contributed by atoms with Crippen LogP contribution in [0.2, 0.25) is 0 Å². The van der Waals surface area contributed by atoms with Gasteiger partial charge in [0.1, 0.15) is 5.76 Å². The Balaban J connectivity index is 2.51. The number of benzene rings is 1. The lowest BCUT2D eigenvalue weighted by molar-refractivity contribution is -0.132. The van der Waals surface area contributed by atoms with E-state index < -0.39 is 17.5 Å². The third kappa shape index (κ3) is 2.79. The van der Waals surface area contributed by atoms with Crippen LogP contribution in [-0.2, 0) is 11.2 Å². The zero-order valence-corrected chi connectivity index (χ0v) is 13.1. The summed E-state index contributed by atoms with van der Waals surface area (Å²) >= 11 is 0. The summed E-state index contributed by atoms with van der Waals surface area (Å²) in [6, 6.07) is 9.46. The van der Waals surface area contributed by atoms with Crippen molar-refractivity contribution in [1.82, 2.24) is 0 Å². The van der Waals surface area contributed by atoms with Crippen LogP contribution in [0, 0.1) is 11.8 Å². The summed E-state index contributed by atoms with van der Waals surface area (Å²) in [6.45, 7) is 5.33. The van der Waals surface area contributed by atoms with Gasteiger partial charge < -0.3 is 15.3 Å². The number of carboxylic acids is 1. The quantitative estimate of drug-likeness (QED) is 0.798. The minimum Gasteiger partial charge on any atom is -0.511 e. The standard InChI is InChI=1S/C18H22O4/c1-11(2)18(22)10-12(3)15(17(20)21)16(19)14(18)9-13-7-5-4-6-8-13/h4-8,10-11,14,19,22H,9H2,1-3H3,(H,20,21). The summed E-state index contributed by atoms with van der Waals surface area (Å²) in [7, 11) is 0. The molecule has 0 aromatic heterocycles. The highest BCUT2D eigenvalue weighted by molar-refractivity contribution is 5.92. The van der Waals surface area contributed by atoms with Crippen molar-refractivity contribution in [1.29, 1.82) is 0 Å². The molecule has 0 amide bonds. The Kier molecular flexibility index (Phi) is 4.42. The normalized spacial score (nSPS) is 25.3. The van der Waals surface area contributed by atoms with Gasteiger partial charge in [-0.15, -0.1) is 0 Å². The Hall–Kier alpha value is -2.07. The van der Waals surface area contributed by atoms with Crippen LogP contribution >= 0.6 is 0 Å². The average Bonchev–Trinajstić information content (AvgIpc) is 2.43. The van der Waals surface area contributed by atoms with E-state index in [1.807, 2.05) is 44.2 Å². The number of aliphatic hydroxyl groups excluding tert-OH is 1. The molecule has 3 N–H and O–H groups in total. The summed E-state index contributed by atoms with van der Waals surface area (Å²) in [4.78, 5) is 11.4. The molecule has 22 heavy (non-hydrogen) atoms. The summed E-state index contributed by atoms with van der Waals surface area (Å²) in [5.41, 5.74) is -0.0456. The molecule has 0 saturated carbocycles. The van der Waals surface area contributed by atoms with E-state index in [4.69, 9.17) is 0 Å². The van der Waals surface area contributed by atoms with Crippen LogP contribution in [0.5, 0.6) is 0 Å². The minimum atomic E-state index is -1.27. The summed E-state index contributed by atoms with van der Waals surface area (Å²) in [5, 5.41) is 30.9.